The van der Waals surface area contributed by atoms with Gasteiger partial charge in [-0.2, -0.15) is 0 Å². The zero-order valence-electron chi connectivity index (χ0n) is 8.57. The SMILES string of the molecule is CC(C)Cc1nc2ccccn2c1N. The smallest absolute Gasteiger partial charge is 0.138 e. The Kier molecular flexibility index (Phi) is 2.15. The lowest BCUT2D eigenvalue weighted by Gasteiger charge is -2.01. The Balaban J connectivity index is 2.51. The van der Waals surface area contributed by atoms with E-state index in [4.69, 9.17) is 5.73 Å². The van der Waals surface area contributed by atoms with E-state index < -0.39 is 0 Å². The van der Waals surface area contributed by atoms with Crippen molar-refractivity contribution in [1.82, 2.24) is 9.38 Å². The predicted octanol–water partition coefficient (Wildman–Crippen LogP) is 2.12. The number of hydrogen-bond donors (Lipinski definition) is 1. The van der Waals surface area contributed by atoms with Gasteiger partial charge in [-0.3, -0.25) is 4.40 Å². The van der Waals surface area contributed by atoms with Crippen LogP contribution in [0.3, 0.4) is 0 Å². The van der Waals surface area contributed by atoms with Crippen LogP contribution in [-0.2, 0) is 6.42 Å². The molecule has 0 radical (unpaired) electrons. The normalized spacial score (nSPS) is 11.4. The second-order valence-corrected chi connectivity index (χ2v) is 3.97. The Labute approximate surface area is 83.6 Å². The summed E-state index contributed by atoms with van der Waals surface area (Å²) in [6.07, 6.45) is 2.88. The summed E-state index contributed by atoms with van der Waals surface area (Å²) in [6.45, 7) is 4.34. The van der Waals surface area contributed by atoms with Crippen LogP contribution < -0.4 is 5.73 Å². The fraction of sp³-hybridized carbons (Fsp3) is 0.364. The molecular weight excluding hydrogens is 174 g/mol. The van der Waals surface area contributed by atoms with Crippen molar-refractivity contribution < 1.29 is 0 Å². The maximum absolute atomic E-state index is 5.99. The van der Waals surface area contributed by atoms with Gasteiger partial charge in [-0.05, 0) is 24.5 Å². The Morgan fingerprint density at radius 1 is 1.43 bits per heavy atom. The molecule has 0 aromatic carbocycles. The minimum atomic E-state index is 0.585. The van der Waals surface area contributed by atoms with Gasteiger partial charge in [-0.25, -0.2) is 4.98 Å². The van der Waals surface area contributed by atoms with Crippen molar-refractivity contribution in [3.8, 4) is 0 Å². The number of rotatable bonds is 2. The molecule has 0 atom stereocenters. The highest BCUT2D eigenvalue weighted by Crippen LogP contribution is 2.17. The van der Waals surface area contributed by atoms with E-state index in [9.17, 15) is 0 Å². The van der Waals surface area contributed by atoms with Gasteiger partial charge in [0.2, 0.25) is 0 Å². The lowest BCUT2D eigenvalue weighted by atomic mass is 10.1. The molecule has 74 valence electrons. The number of nitrogen functional groups attached to an aromatic ring is 1. The molecule has 2 N–H and O–H groups in total. The van der Waals surface area contributed by atoms with E-state index in [0.29, 0.717) is 5.92 Å². The van der Waals surface area contributed by atoms with Gasteiger partial charge in [-0.1, -0.05) is 19.9 Å². The van der Waals surface area contributed by atoms with E-state index >= 15 is 0 Å². The first-order valence-corrected chi connectivity index (χ1v) is 4.90. The standard InChI is InChI=1S/C11H15N3/c1-8(2)7-9-11(12)14-6-4-3-5-10(14)13-9/h3-6,8H,7,12H2,1-2H3. The fourth-order valence-corrected chi connectivity index (χ4v) is 1.60. The Bertz CT molecular complexity index is 443. The van der Waals surface area contributed by atoms with Crippen LogP contribution in [0.5, 0.6) is 0 Å². The lowest BCUT2D eigenvalue weighted by Crippen LogP contribution is -2.00. The molecule has 0 fully saturated rings. The van der Waals surface area contributed by atoms with Crippen LogP contribution in [0.15, 0.2) is 24.4 Å². The van der Waals surface area contributed by atoms with E-state index in [0.717, 1.165) is 23.6 Å². The van der Waals surface area contributed by atoms with E-state index in [-0.39, 0.29) is 0 Å². The Morgan fingerprint density at radius 3 is 2.86 bits per heavy atom. The minimum Gasteiger partial charge on any atom is -0.383 e. The summed E-state index contributed by atoms with van der Waals surface area (Å²) in [5.41, 5.74) is 7.92. The first-order chi connectivity index (χ1) is 6.68. The zero-order chi connectivity index (χ0) is 10.1. The zero-order valence-corrected chi connectivity index (χ0v) is 8.57. The van der Waals surface area contributed by atoms with Crippen LogP contribution in [0.25, 0.3) is 5.65 Å². The molecule has 2 heterocycles. The highest BCUT2D eigenvalue weighted by atomic mass is 15.1. The van der Waals surface area contributed by atoms with Crippen LogP contribution >= 0.6 is 0 Å². The molecule has 0 saturated heterocycles. The van der Waals surface area contributed by atoms with Crippen LogP contribution in [0, 0.1) is 5.92 Å². The average Bonchev–Trinajstić information content (AvgIpc) is 2.44. The van der Waals surface area contributed by atoms with Gasteiger partial charge in [0.15, 0.2) is 0 Å². The minimum absolute atomic E-state index is 0.585. The molecule has 0 aliphatic rings. The molecule has 0 aliphatic carbocycles. The average molecular weight is 189 g/mol. The summed E-state index contributed by atoms with van der Waals surface area (Å²) in [5, 5.41) is 0. The molecule has 0 saturated carbocycles. The van der Waals surface area contributed by atoms with Gasteiger partial charge >= 0.3 is 0 Å². The summed E-state index contributed by atoms with van der Waals surface area (Å²) >= 11 is 0. The number of hydrogen-bond acceptors (Lipinski definition) is 2. The predicted molar refractivity (Wildman–Crippen MR) is 58.1 cm³/mol. The Morgan fingerprint density at radius 2 is 2.21 bits per heavy atom. The lowest BCUT2D eigenvalue weighted by molar-refractivity contribution is 0.639. The van der Waals surface area contributed by atoms with Crippen LogP contribution in [-0.4, -0.2) is 9.38 Å². The monoisotopic (exact) mass is 189 g/mol. The highest BCUT2D eigenvalue weighted by molar-refractivity contribution is 5.52. The Hall–Kier alpha value is -1.51. The number of nitrogens with two attached hydrogens (primary N) is 1. The molecule has 2 aromatic heterocycles. The third kappa shape index (κ3) is 1.45. The van der Waals surface area contributed by atoms with Gasteiger partial charge < -0.3 is 5.73 Å². The number of anilines is 1. The van der Waals surface area contributed by atoms with Crippen molar-refractivity contribution in [2.75, 3.05) is 5.73 Å². The molecule has 0 bridgehead atoms. The maximum atomic E-state index is 5.99. The summed E-state index contributed by atoms with van der Waals surface area (Å²) in [6, 6.07) is 5.91. The summed E-state index contributed by atoms with van der Waals surface area (Å²) in [4.78, 5) is 4.49. The molecule has 0 aliphatic heterocycles. The second kappa shape index (κ2) is 3.33. The molecular formula is C11H15N3. The van der Waals surface area contributed by atoms with Crippen molar-refractivity contribution in [2.24, 2.45) is 5.92 Å². The van der Waals surface area contributed by atoms with E-state index in [1.54, 1.807) is 0 Å². The summed E-state index contributed by atoms with van der Waals surface area (Å²) in [7, 11) is 0. The van der Waals surface area contributed by atoms with Crippen LogP contribution in [0.1, 0.15) is 19.5 Å². The third-order valence-corrected chi connectivity index (χ3v) is 2.24. The van der Waals surface area contributed by atoms with Crippen LogP contribution in [0.2, 0.25) is 0 Å². The fourth-order valence-electron chi connectivity index (χ4n) is 1.60. The highest BCUT2D eigenvalue weighted by Gasteiger charge is 2.09. The number of pyridine rings is 1. The quantitative estimate of drug-likeness (QED) is 0.786. The van der Waals surface area contributed by atoms with Crippen LogP contribution in [0.4, 0.5) is 5.82 Å². The number of fused-ring (bicyclic) bond motifs is 1. The molecule has 14 heavy (non-hydrogen) atoms. The van der Waals surface area contributed by atoms with Gasteiger partial charge in [0, 0.05) is 6.20 Å². The molecule has 3 nitrogen and oxygen atoms in total. The van der Waals surface area contributed by atoms with Crippen molar-refractivity contribution >= 4 is 11.5 Å². The molecule has 2 aromatic rings. The first-order valence-electron chi connectivity index (χ1n) is 4.90. The number of aromatic nitrogens is 2. The first kappa shape index (κ1) is 9.06. The molecule has 0 amide bonds. The van der Waals surface area contributed by atoms with E-state index in [2.05, 4.69) is 18.8 Å². The van der Waals surface area contributed by atoms with Crippen molar-refractivity contribution in [3.63, 3.8) is 0 Å². The van der Waals surface area contributed by atoms with E-state index in [1.807, 2.05) is 28.8 Å². The third-order valence-electron chi connectivity index (χ3n) is 2.24. The number of nitrogens with zero attached hydrogens (tertiary/aromatic N) is 2. The van der Waals surface area contributed by atoms with Gasteiger partial charge in [-0.15, -0.1) is 0 Å². The molecule has 2 rings (SSSR count). The van der Waals surface area contributed by atoms with Gasteiger partial charge in [0.1, 0.15) is 11.5 Å². The summed E-state index contributed by atoms with van der Waals surface area (Å²) < 4.78 is 1.93. The largest absolute Gasteiger partial charge is 0.383 e. The van der Waals surface area contributed by atoms with Gasteiger partial charge in [0.05, 0.1) is 5.69 Å². The van der Waals surface area contributed by atoms with Crippen molar-refractivity contribution in [3.05, 3.63) is 30.1 Å². The second-order valence-electron chi connectivity index (χ2n) is 3.97. The van der Waals surface area contributed by atoms with Gasteiger partial charge in [0.25, 0.3) is 0 Å². The molecule has 3 heteroatoms. The number of imidazole rings is 1. The summed E-state index contributed by atoms with van der Waals surface area (Å²) in [5.74, 6) is 1.36. The van der Waals surface area contributed by atoms with E-state index in [1.165, 1.54) is 0 Å². The maximum Gasteiger partial charge on any atom is 0.138 e. The molecule has 0 spiro atoms. The topological polar surface area (TPSA) is 43.3 Å². The molecule has 0 unspecified atom stereocenters. The van der Waals surface area contributed by atoms with Crippen molar-refractivity contribution in [2.45, 2.75) is 20.3 Å². The van der Waals surface area contributed by atoms with Crippen molar-refractivity contribution in [1.29, 1.82) is 0 Å².